The van der Waals surface area contributed by atoms with Crippen LogP contribution in [0.2, 0.25) is 0 Å². The number of rotatable bonds is 12. The van der Waals surface area contributed by atoms with Gasteiger partial charge in [0.15, 0.2) is 0 Å². The van der Waals surface area contributed by atoms with Crippen LogP contribution in [0, 0.1) is 0 Å². The fraction of sp³-hybridized carbons (Fsp3) is 0.357. The van der Waals surface area contributed by atoms with Crippen molar-refractivity contribution in [3.05, 3.63) is 89.8 Å². The van der Waals surface area contributed by atoms with Crippen molar-refractivity contribution < 1.29 is 9.53 Å². The van der Waals surface area contributed by atoms with Gasteiger partial charge in [-0.05, 0) is 87.8 Å². The minimum absolute atomic E-state index is 0.0616. The standard InChI is InChI=1S/C28H36N2O2/c1-22(2)9-5-13-25(26-16-18-27(32-4)19-17-26)14-7-15-28(31)30-23(3)10-6-11-24-12-8-20-29-21-24/h7-9,12,14-21,23H,5-6,10-11,13H2,1-4H3,(H,30,31)/t23-/m1/s1. The first-order valence-electron chi connectivity index (χ1n) is 11.3. The second-order valence-electron chi connectivity index (χ2n) is 8.26. The largest absolute Gasteiger partial charge is 0.497 e. The summed E-state index contributed by atoms with van der Waals surface area (Å²) in [5.74, 6) is 0.776. The highest BCUT2D eigenvalue weighted by Gasteiger charge is 2.05. The summed E-state index contributed by atoms with van der Waals surface area (Å²) in [4.78, 5) is 16.5. The molecule has 1 N–H and O–H groups in total. The Morgan fingerprint density at radius 3 is 2.62 bits per heavy atom. The summed E-state index contributed by atoms with van der Waals surface area (Å²) in [6.45, 7) is 6.27. The molecule has 1 aromatic heterocycles. The molecule has 0 saturated carbocycles. The zero-order valence-corrected chi connectivity index (χ0v) is 19.8. The number of hydrogen-bond donors (Lipinski definition) is 1. The molecule has 4 nitrogen and oxygen atoms in total. The van der Waals surface area contributed by atoms with Crippen LogP contribution in [0.25, 0.3) is 5.57 Å². The van der Waals surface area contributed by atoms with E-state index in [-0.39, 0.29) is 11.9 Å². The van der Waals surface area contributed by atoms with Crippen LogP contribution in [-0.2, 0) is 11.2 Å². The van der Waals surface area contributed by atoms with Crippen molar-refractivity contribution in [1.29, 1.82) is 0 Å². The molecule has 32 heavy (non-hydrogen) atoms. The summed E-state index contributed by atoms with van der Waals surface area (Å²) in [6, 6.07) is 12.2. The molecule has 0 fully saturated rings. The van der Waals surface area contributed by atoms with E-state index in [0.717, 1.165) is 43.4 Å². The topological polar surface area (TPSA) is 51.2 Å². The van der Waals surface area contributed by atoms with Gasteiger partial charge in [-0.3, -0.25) is 9.78 Å². The number of carbonyl (C=O) groups excluding carboxylic acids is 1. The van der Waals surface area contributed by atoms with Gasteiger partial charge in [-0.2, -0.15) is 0 Å². The lowest BCUT2D eigenvalue weighted by atomic mass is 9.99. The maximum absolute atomic E-state index is 12.3. The zero-order valence-electron chi connectivity index (χ0n) is 19.8. The number of aromatic nitrogens is 1. The minimum atomic E-state index is -0.0616. The minimum Gasteiger partial charge on any atom is -0.497 e. The number of hydrogen-bond acceptors (Lipinski definition) is 3. The number of carbonyl (C=O) groups is 1. The fourth-order valence-corrected chi connectivity index (χ4v) is 3.42. The van der Waals surface area contributed by atoms with Gasteiger partial charge in [0.05, 0.1) is 7.11 Å². The van der Waals surface area contributed by atoms with Gasteiger partial charge in [0, 0.05) is 24.5 Å². The van der Waals surface area contributed by atoms with Crippen LogP contribution in [0.5, 0.6) is 5.75 Å². The molecule has 1 amide bonds. The Bertz CT molecular complexity index is 908. The highest BCUT2D eigenvalue weighted by atomic mass is 16.5. The molecule has 170 valence electrons. The van der Waals surface area contributed by atoms with E-state index in [9.17, 15) is 4.79 Å². The van der Waals surface area contributed by atoms with Crippen LogP contribution < -0.4 is 10.1 Å². The second kappa shape index (κ2) is 14.0. The van der Waals surface area contributed by atoms with Crippen LogP contribution in [0.3, 0.4) is 0 Å². The maximum Gasteiger partial charge on any atom is 0.244 e. The summed E-state index contributed by atoms with van der Waals surface area (Å²) < 4.78 is 5.27. The Morgan fingerprint density at radius 2 is 1.97 bits per heavy atom. The molecule has 0 unspecified atom stereocenters. The van der Waals surface area contributed by atoms with Gasteiger partial charge in [0.25, 0.3) is 0 Å². The van der Waals surface area contributed by atoms with E-state index >= 15 is 0 Å². The maximum atomic E-state index is 12.3. The van der Waals surface area contributed by atoms with E-state index in [1.54, 1.807) is 19.4 Å². The molecule has 1 aromatic carbocycles. The van der Waals surface area contributed by atoms with Gasteiger partial charge >= 0.3 is 0 Å². The van der Waals surface area contributed by atoms with Gasteiger partial charge in [-0.1, -0.05) is 42.0 Å². The molecule has 2 aromatic rings. The highest BCUT2D eigenvalue weighted by Crippen LogP contribution is 2.23. The third-order valence-electron chi connectivity index (χ3n) is 5.19. The number of ether oxygens (including phenoxy) is 1. The smallest absolute Gasteiger partial charge is 0.244 e. The quantitative estimate of drug-likeness (QED) is 0.243. The van der Waals surface area contributed by atoms with Gasteiger partial charge in [0.2, 0.25) is 5.91 Å². The van der Waals surface area contributed by atoms with Gasteiger partial charge in [-0.15, -0.1) is 0 Å². The molecule has 0 saturated heterocycles. The van der Waals surface area contributed by atoms with Crippen molar-refractivity contribution in [3.8, 4) is 5.75 Å². The molecule has 1 heterocycles. The number of nitrogens with one attached hydrogen (secondary N) is 1. The van der Waals surface area contributed by atoms with Gasteiger partial charge < -0.3 is 10.1 Å². The number of nitrogens with zero attached hydrogens (tertiary/aromatic N) is 1. The van der Waals surface area contributed by atoms with Crippen LogP contribution in [0.15, 0.2) is 78.7 Å². The normalized spacial score (nSPS) is 12.4. The summed E-state index contributed by atoms with van der Waals surface area (Å²) in [5.41, 5.74) is 4.88. The van der Waals surface area contributed by atoms with Crippen LogP contribution in [-0.4, -0.2) is 24.0 Å². The summed E-state index contributed by atoms with van der Waals surface area (Å²) in [6.07, 6.45) is 16.2. The lowest BCUT2D eigenvalue weighted by Gasteiger charge is -2.12. The SMILES string of the molecule is COc1ccc(C(=CC=CC(=O)N[C@H](C)CCCc2cccnc2)CCC=C(C)C)cc1. The zero-order chi connectivity index (χ0) is 23.2. The van der Waals surface area contributed by atoms with Crippen molar-refractivity contribution in [3.63, 3.8) is 0 Å². The molecule has 4 heteroatoms. The summed E-state index contributed by atoms with van der Waals surface area (Å²) >= 11 is 0. The van der Waals surface area contributed by atoms with E-state index in [0.29, 0.717) is 0 Å². The highest BCUT2D eigenvalue weighted by molar-refractivity contribution is 5.88. The molecular weight excluding hydrogens is 396 g/mol. The molecule has 0 spiro atoms. The Morgan fingerprint density at radius 1 is 1.19 bits per heavy atom. The first kappa shape index (κ1) is 25.1. The van der Waals surface area contributed by atoms with Gasteiger partial charge in [0.1, 0.15) is 5.75 Å². The number of aryl methyl sites for hydroxylation is 1. The lowest BCUT2D eigenvalue weighted by molar-refractivity contribution is -0.117. The van der Waals surface area contributed by atoms with Crippen molar-refractivity contribution in [2.45, 2.75) is 58.9 Å². The molecule has 0 bridgehead atoms. The fourth-order valence-electron chi connectivity index (χ4n) is 3.42. The molecule has 1 atom stereocenters. The van der Waals surface area contributed by atoms with E-state index in [1.807, 2.05) is 43.5 Å². The monoisotopic (exact) mass is 432 g/mol. The summed E-state index contributed by atoms with van der Waals surface area (Å²) in [7, 11) is 1.67. The summed E-state index contributed by atoms with van der Waals surface area (Å²) in [5, 5.41) is 3.06. The van der Waals surface area contributed by atoms with Crippen molar-refractivity contribution in [1.82, 2.24) is 10.3 Å². The number of pyridine rings is 1. The number of allylic oxidation sites excluding steroid dienone is 5. The van der Waals surface area contributed by atoms with Gasteiger partial charge in [-0.25, -0.2) is 0 Å². The molecule has 0 aliphatic carbocycles. The molecule has 2 rings (SSSR count). The number of methoxy groups -OCH3 is 1. The Labute approximate surface area is 193 Å². The number of amides is 1. The Kier molecular flexibility index (Phi) is 11.0. The van der Waals surface area contributed by atoms with Crippen molar-refractivity contribution in [2.24, 2.45) is 0 Å². The average Bonchev–Trinajstić information content (AvgIpc) is 2.78. The van der Waals surface area contributed by atoms with Crippen LogP contribution in [0.1, 0.15) is 57.6 Å². The lowest BCUT2D eigenvalue weighted by Crippen LogP contribution is -2.31. The third kappa shape index (κ3) is 9.78. The van der Waals surface area contributed by atoms with Crippen molar-refractivity contribution in [2.75, 3.05) is 7.11 Å². The van der Waals surface area contributed by atoms with E-state index in [2.05, 4.69) is 48.4 Å². The van der Waals surface area contributed by atoms with Crippen LogP contribution in [0.4, 0.5) is 0 Å². The first-order valence-corrected chi connectivity index (χ1v) is 11.3. The van der Waals surface area contributed by atoms with Crippen molar-refractivity contribution >= 4 is 11.5 Å². The second-order valence-corrected chi connectivity index (χ2v) is 8.26. The van der Waals surface area contributed by atoms with E-state index in [1.165, 1.54) is 16.7 Å². The first-order chi connectivity index (χ1) is 15.5. The Hall–Kier alpha value is -3.14. The van der Waals surface area contributed by atoms with E-state index in [4.69, 9.17) is 4.74 Å². The predicted octanol–water partition coefficient (Wildman–Crippen LogP) is 6.30. The molecule has 0 aliphatic rings. The molecular formula is C28H36N2O2. The molecule has 0 aliphatic heterocycles. The predicted molar refractivity (Wildman–Crippen MR) is 134 cm³/mol. The third-order valence-corrected chi connectivity index (χ3v) is 5.19. The van der Waals surface area contributed by atoms with E-state index < -0.39 is 0 Å². The molecule has 0 radical (unpaired) electrons. The average molecular weight is 433 g/mol. The van der Waals surface area contributed by atoms with Crippen LogP contribution >= 0.6 is 0 Å². The number of benzene rings is 1. The Balaban J connectivity index is 1.90.